The molecular formula is C17H22Cl2N2O3S. The number of hydrogen-bond donors (Lipinski definition) is 0. The molecule has 1 saturated carbocycles. The Morgan fingerprint density at radius 3 is 2.20 bits per heavy atom. The summed E-state index contributed by atoms with van der Waals surface area (Å²) in [6, 6.07) is 7.06. The summed E-state index contributed by atoms with van der Waals surface area (Å²) in [6.45, 7) is 3.40. The van der Waals surface area contributed by atoms with Crippen molar-refractivity contribution in [2.24, 2.45) is 5.92 Å². The standard InChI is InChI=1S/C17H22Cl2N2O3S/c1-2-3-13-4-6-14(7-5-13)25(23,24)21-10-8-20(9-11-21)16(22)15-12-17(15,18)19/h4-7,15H,2-3,8-12H2,1H3/t15-/m1/s1. The first-order chi connectivity index (χ1) is 11.8. The minimum Gasteiger partial charge on any atom is -0.340 e. The van der Waals surface area contributed by atoms with Crippen LogP contribution in [0.3, 0.4) is 0 Å². The van der Waals surface area contributed by atoms with Gasteiger partial charge in [0.2, 0.25) is 15.9 Å². The number of alkyl halides is 2. The van der Waals surface area contributed by atoms with Gasteiger partial charge in [-0.15, -0.1) is 23.2 Å². The van der Waals surface area contributed by atoms with Crippen LogP contribution in [0.1, 0.15) is 25.3 Å². The molecule has 2 aliphatic rings. The molecule has 1 aromatic rings. The van der Waals surface area contributed by atoms with Crippen molar-refractivity contribution in [2.45, 2.75) is 35.4 Å². The van der Waals surface area contributed by atoms with E-state index in [2.05, 4.69) is 6.92 Å². The summed E-state index contributed by atoms with van der Waals surface area (Å²) in [7, 11) is -3.53. The number of amides is 1. The van der Waals surface area contributed by atoms with E-state index in [0.29, 0.717) is 24.4 Å². The summed E-state index contributed by atoms with van der Waals surface area (Å²) in [6.07, 6.45) is 2.43. The molecule has 0 radical (unpaired) electrons. The fourth-order valence-electron chi connectivity index (χ4n) is 3.12. The Labute approximate surface area is 158 Å². The van der Waals surface area contributed by atoms with E-state index in [1.165, 1.54) is 4.31 Å². The lowest BCUT2D eigenvalue weighted by molar-refractivity contribution is -0.133. The summed E-state index contributed by atoms with van der Waals surface area (Å²) < 4.78 is 26.0. The highest BCUT2D eigenvalue weighted by atomic mass is 35.5. The summed E-state index contributed by atoms with van der Waals surface area (Å²) >= 11 is 11.9. The predicted octanol–water partition coefficient (Wildman–Crippen LogP) is 2.67. The lowest BCUT2D eigenvalue weighted by atomic mass is 10.1. The van der Waals surface area contributed by atoms with Crippen LogP contribution in [0.5, 0.6) is 0 Å². The molecule has 1 amide bonds. The quantitative estimate of drug-likeness (QED) is 0.708. The van der Waals surface area contributed by atoms with Crippen LogP contribution in [0.2, 0.25) is 0 Å². The van der Waals surface area contributed by atoms with E-state index in [9.17, 15) is 13.2 Å². The summed E-state index contributed by atoms with van der Waals surface area (Å²) in [5.74, 6) is -0.434. The highest BCUT2D eigenvalue weighted by Crippen LogP contribution is 2.53. The molecule has 2 fully saturated rings. The zero-order chi connectivity index (χ0) is 18.2. The minimum atomic E-state index is -3.53. The molecule has 1 aliphatic heterocycles. The number of carbonyl (C=O) groups is 1. The van der Waals surface area contributed by atoms with Crippen molar-refractivity contribution in [2.75, 3.05) is 26.2 Å². The lowest BCUT2D eigenvalue weighted by Gasteiger charge is -2.34. The first-order valence-corrected chi connectivity index (χ1v) is 10.7. The average Bonchev–Trinajstić information content (AvgIpc) is 3.23. The number of benzene rings is 1. The molecule has 0 aromatic heterocycles. The van der Waals surface area contributed by atoms with Gasteiger partial charge in [0.25, 0.3) is 0 Å². The molecule has 1 aliphatic carbocycles. The normalized spacial score (nSPS) is 23.5. The summed E-state index contributed by atoms with van der Waals surface area (Å²) in [5.41, 5.74) is 1.13. The third-order valence-electron chi connectivity index (χ3n) is 4.77. The number of nitrogens with zero attached hydrogens (tertiary/aromatic N) is 2. The molecule has 5 nitrogen and oxygen atoms in total. The molecule has 1 aromatic carbocycles. The van der Waals surface area contributed by atoms with E-state index in [1.54, 1.807) is 17.0 Å². The molecule has 1 heterocycles. The van der Waals surface area contributed by atoms with E-state index >= 15 is 0 Å². The van der Waals surface area contributed by atoms with E-state index in [-0.39, 0.29) is 24.9 Å². The van der Waals surface area contributed by atoms with Gasteiger partial charge in [0.05, 0.1) is 10.8 Å². The smallest absolute Gasteiger partial charge is 0.243 e. The van der Waals surface area contributed by atoms with Gasteiger partial charge in [-0.1, -0.05) is 25.5 Å². The Hall–Kier alpha value is -0.820. The van der Waals surface area contributed by atoms with Crippen molar-refractivity contribution in [3.8, 4) is 0 Å². The molecule has 8 heteroatoms. The number of rotatable bonds is 5. The summed E-state index contributed by atoms with van der Waals surface area (Å²) in [5, 5.41) is 0. The lowest BCUT2D eigenvalue weighted by Crippen LogP contribution is -2.51. The zero-order valence-electron chi connectivity index (χ0n) is 14.1. The molecule has 0 spiro atoms. The van der Waals surface area contributed by atoms with Crippen molar-refractivity contribution < 1.29 is 13.2 Å². The third-order valence-corrected chi connectivity index (χ3v) is 7.52. The number of sulfonamides is 1. The van der Waals surface area contributed by atoms with E-state index in [1.807, 2.05) is 12.1 Å². The van der Waals surface area contributed by atoms with Gasteiger partial charge in [0, 0.05) is 26.2 Å². The average molecular weight is 405 g/mol. The molecule has 25 heavy (non-hydrogen) atoms. The largest absolute Gasteiger partial charge is 0.340 e. The van der Waals surface area contributed by atoms with Crippen molar-refractivity contribution in [3.05, 3.63) is 29.8 Å². The molecule has 1 atom stereocenters. The monoisotopic (exact) mass is 404 g/mol. The Morgan fingerprint density at radius 2 is 1.72 bits per heavy atom. The Balaban J connectivity index is 1.62. The number of hydrogen-bond acceptors (Lipinski definition) is 3. The minimum absolute atomic E-state index is 0.0778. The van der Waals surface area contributed by atoms with Crippen molar-refractivity contribution in [1.82, 2.24) is 9.21 Å². The molecule has 0 bridgehead atoms. The van der Waals surface area contributed by atoms with E-state index in [0.717, 1.165) is 18.4 Å². The highest BCUT2D eigenvalue weighted by molar-refractivity contribution is 7.89. The van der Waals surface area contributed by atoms with Crippen molar-refractivity contribution in [1.29, 1.82) is 0 Å². The van der Waals surface area contributed by atoms with Crippen molar-refractivity contribution in [3.63, 3.8) is 0 Å². The molecule has 3 rings (SSSR count). The second kappa shape index (κ2) is 7.06. The molecule has 1 saturated heterocycles. The van der Waals surface area contributed by atoms with Crippen molar-refractivity contribution >= 4 is 39.1 Å². The van der Waals surface area contributed by atoms with E-state index < -0.39 is 14.4 Å². The van der Waals surface area contributed by atoms with Gasteiger partial charge in [0.1, 0.15) is 4.33 Å². The zero-order valence-corrected chi connectivity index (χ0v) is 16.4. The topological polar surface area (TPSA) is 57.7 Å². The van der Waals surface area contributed by atoms with Crippen LogP contribution in [-0.2, 0) is 21.2 Å². The maximum atomic E-state index is 12.8. The predicted molar refractivity (Wildman–Crippen MR) is 98.3 cm³/mol. The van der Waals surface area contributed by atoms with Gasteiger partial charge in [-0.3, -0.25) is 4.79 Å². The van der Waals surface area contributed by atoms with Crippen LogP contribution in [0.4, 0.5) is 0 Å². The first kappa shape index (κ1) is 19.0. The molecule has 0 N–H and O–H groups in total. The van der Waals surface area contributed by atoms with Gasteiger partial charge in [-0.2, -0.15) is 4.31 Å². The summed E-state index contributed by atoms with van der Waals surface area (Å²) in [4.78, 5) is 14.3. The number of carbonyl (C=O) groups excluding carboxylic acids is 1. The Kier molecular flexibility index (Phi) is 5.36. The van der Waals surface area contributed by atoms with Crippen LogP contribution >= 0.6 is 23.2 Å². The second-order valence-electron chi connectivity index (χ2n) is 6.64. The highest BCUT2D eigenvalue weighted by Gasteiger charge is 2.57. The van der Waals surface area contributed by atoms with Gasteiger partial charge < -0.3 is 4.90 Å². The maximum absolute atomic E-state index is 12.8. The number of halogens is 2. The Bertz CT molecular complexity index is 742. The van der Waals surface area contributed by atoms with Crippen LogP contribution in [0.25, 0.3) is 0 Å². The number of aryl methyl sites for hydroxylation is 1. The molecule has 0 unspecified atom stereocenters. The van der Waals surface area contributed by atoms with E-state index in [4.69, 9.17) is 23.2 Å². The fraction of sp³-hybridized carbons (Fsp3) is 0.588. The van der Waals surface area contributed by atoms with Gasteiger partial charge >= 0.3 is 0 Å². The fourth-order valence-corrected chi connectivity index (χ4v) is 5.03. The van der Waals surface area contributed by atoms with Gasteiger partial charge in [0.15, 0.2) is 0 Å². The molecule has 138 valence electrons. The van der Waals surface area contributed by atoms with Crippen LogP contribution in [-0.4, -0.2) is 54.0 Å². The first-order valence-electron chi connectivity index (χ1n) is 8.51. The van der Waals surface area contributed by atoms with Gasteiger partial charge in [-0.05, 0) is 30.5 Å². The van der Waals surface area contributed by atoms with Crippen LogP contribution < -0.4 is 0 Å². The third kappa shape index (κ3) is 3.97. The number of piperazine rings is 1. The Morgan fingerprint density at radius 1 is 1.16 bits per heavy atom. The van der Waals surface area contributed by atoms with Gasteiger partial charge in [-0.25, -0.2) is 8.42 Å². The molecular weight excluding hydrogens is 383 g/mol. The second-order valence-corrected chi connectivity index (χ2v) is 10.1. The maximum Gasteiger partial charge on any atom is 0.243 e. The SMILES string of the molecule is CCCc1ccc(S(=O)(=O)N2CCN(C(=O)[C@H]3CC3(Cl)Cl)CC2)cc1. The van der Waals surface area contributed by atoms with Crippen LogP contribution in [0, 0.1) is 5.92 Å². The van der Waals surface area contributed by atoms with Crippen LogP contribution in [0.15, 0.2) is 29.2 Å².